The van der Waals surface area contributed by atoms with Crippen LogP contribution in [0.3, 0.4) is 0 Å². The molecule has 1 aromatic carbocycles. The van der Waals surface area contributed by atoms with Gasteiger partial charge in [0.25, 0.3) is 0 Å². The first-order chi connectivity index (χ1) is 9.79. The Labute approximate surface area is 117 Å². The van der Waals surface area contributed by atoms with Gasteiger partial charge in [-0.1, -0.05) is 24.3 Å². The number of nitrogens with zero attached hydrogens (tertiary/aromatic N) is 1. The van der Waals surface area contributed by atoms with Crippen molar-refractivity contribution in [3.05, 3.63) is 42.2 Å². The summed E-state index contributed by atoms with van der Waals surface area (Å²) in [6.45, 7) is 0.477. The molecule has 0 aliphatic heterocycles. The smallest absolute Gasteiger partial charge is 0.224 e. The van der Waals surface area contributed by atoms with Gasteiger partial charge in [0, 0.05) is 5.92 Å². The van der Waals surface area contributed by atoms with Crippen molar-refractivity contribution in [1.82, 2.24) is 15.3 Å². The molecule has 2 aliphatic carbocycles. The van der Waals surface area contributed by atoms with Crippen LogP contribution in [0.25, 0.3) is 11.0 Å². The number of para-hydroxylation sites is 2. The van der Waals surface area contributed by atoms with Crippen molar-refractivity contribution in [1.29, 1.82) is 0 Å². The fourth-order valence-corrected chi connectivity index (χ4v) is 3.47. The molecule has 4 heteroatoms. The third-order valence-electron chi connectivity index (χ3n) is 4.48. The molecule has 2 N–H and O–H groups in total. The zero-order valence-corrected chi connectivity index (χ0v) is 11.2. The van der Waals surface area contributed by atoms with E-state index in [4.69, 9.17) is 0 Å². The quantitative estimate of drug-likeness (QED) is 0.839. The Morgan fingerprint density at radius 2 is 2.20 bits per heavy atom. The number of rotatable bonds is 3. The summed E-state index contributed by atoms with van der Waals surface area (Å²) in [5.74, 6) is 2.23. The number of benzene rings is 1. The van der Waals surface area contributed by atoms with Gasteiger partial charge in [-0.05, 0) is 36.8 Å². The molecule has 3 unspecified atom stereocenters. The molecule has 1 amide bonds. The van der Waals surface area contributed by atoms with Crippen LogP contribution < -0.4 is 5.32 Å². The van der Waals surface area contributed by atoms with E-state index in [-0.39, 0.29) is 11.8 Å². The summed E-state index contributed by atoms with van der Waals surface area (Å²) in [6, 6.07) is 7.91. The average molecular weight is 267 g/mol. The van der Waals surface area contributed by atoms with Gasteiger partial charge in [-0.2, -0.15) is 0 Å². The van der Waals surface area contributed by atoms with Crippen LogP contribution in [0.1, 0.15) is 18.7 Å². The fourth-order valence-electron chi connectivity index (χ4n) is 3.47. The summed E-state index contributed by atoms with van der Waals surface area (Å²) >= 11 is 0. The van der Waals surface area contributed by atoms with E-state index in [1.165, 1.54) is 0 Å². The molecule has 1 saturated carbocycles. The zero-order chi connectivity index (χ0) is 13.5. The maximum absolute atomic E-state index is 12.2. The predicted octanol–water partition coefficient (Wildman–Crippen LogP) is 2.39. The van der Waals surface area contributed by atoms with Gasteiger partial charge in [-0.15, -0.1) is 0 Å². The van der Waals surface area contributed by atoms with Gasteiger partial charge < -0.3 is 10.3 Å². The average Bonchev–Trinajstić information content (AvgIpc) is 3.18. The Bertz CT molecular complexity index is 655. The van der Waals surface area contributed by atoms with Gasteiger partial charge in [-0.3, -0.25) is 4.79 Å². The number of fused-ring (bicyclic) bond motifs is 3. The van der Waals surface area contributed by atoms with Crippen molar-refractivity contribution in [3.63, 3.8) is 0 Å². The highest BCUT2D eigenvalue weighted by atomic mass is 16.1. The minimum atomic E-state index is 0.161. The highest BCUT2D eigenvalue weighted by molar-refractivity contribution is 5.80. The van der Waals surface area contributed by atoms with E-state index < -0.39 is 0 Å². The lowest BCUT2D eigenvalue weighted by molar-refractivity contribution is -0.125. The largest absolute Gasteiger partial charge is 0.349 e. The first kappa shape index (κ1) is 11.7. The zero-order valence-electron chi connectivity index (χ0n) is 11.2. The molecule has 0 saturated heterocycles. The Kier molecular flexibility index (Phi) is 2.62. The molecular formula is C16H17N3O. The van der Waals surface area contributed by atoms with Crippen molar-refractivity contribution in [2.75, 3.05) is 0 Å². The van der Waals surface area contributed by atoms with Crippen LogP contribution in [-0.2, 0) is 11.3 Å². The maximum Gasteiger partial charge on any atom is 0.224 e. The molecule has 0 spiro atoms. The molecule has 1 fully saturated rings. The monoisotopic (exact) mass is 267 g/mol. The van der Waals surface area contributed by atoms with Crippen molar-refractivity contribution in [3.8, 4) is 0 Å². The Morgan fingerprint density at radius 1 is 1.30 bits per heavy atom. The van der Waals surface area contributed by atoms with E-state index >= 15 is 0 Å². The number of hydrogen-bond acceptors (Lipinski definition) is 2. The van der Waals surface area contributed by atoms with E-state index in [0.717, 1.165) is 29.7 Å². The normalized spacial score (nSPS) is 27.3. The predicted molar refractivity (Wildman–Crippen MR) is 76.8 cm³/mol. The summed E-state index contributed by atoms with van der Waals surface area (Å²) in [7, 11) is 0. The molecular weight excluding hydrogens is 250 g/mol. The summed E-state index contributed by atoms with van der Waals surface area (Å²) in [6.07, 6.45) is 6.63. The van der Waals surface area contributed by atoms with Crippen LogP contribution in [-0.4, -0.2) is 15.9 Å². The molecule has 20 heavy (non-hydrogen) atoms. The molecule has 2 aliphatic rings. The van der Waals surface area contributed by atoms with Crippen LogP contribution in [0, 0.1) is 17.8 Å². The van der Waals surface area contributed by atoms with E-state index in [1.807, 2.05) is 24.3 Å². The number of aromatic nitrogens is 2. The molecule has 2 bridgehead atoms. The molecule has 1 aromatic heterocycles. The highest BCUT2D eigenvalue weighted by Crippen LogP contribution is 2.43. The first-order valence-corrected chi connectivity index (χ1v) is 7.19. The molecule has 1 heterocycles. The lowest BCUT2D eigenvalue weighted by Crippen LogP contribution is -2.32. The standard InChI is InChI=1S/C16H17N3O/c20-16(12-8-10-5-6-11(12)7-10)17-9-15-18-13-3-1-2-4-14(13)19-15/h1-6,10-12H,7-9H2,(H,17,20)(H,18,19). The Morgan fingerprint density at radius 3 is 2.95 bits per heavy atom. The maximum atomic E-state index is 12.2. The number of H-pyrrole nitrogens is 1. The number of nitrogens with one attached hydrogen (secondary N) is 2. The van der Waals surface area contributed by atoms with Crippen LogP contribution in [0.15, 0.2) is 36.4 Å². The van der Waals surface area contributed by atoms with Gasteiger partial charge in [-0.25, -0.2) is 4.98 Å². The van der Waals surface area contributed by atoms with Gasteiger partial charge in [0.1, 0.15) is 5.82 Å². The number of aromatic amines is 1. The van der Waals surface area contributed by atoms with Crippen molar-refractivity contribution in [2.24, 2.45) is 17.8 Å². The fraction of sp³-hybridized carbons (Fsp3) is 0.375. The topological polar surface area (TPSA) is 57.8 Å². The number of allylic oxidation sites excluding steroid dienone is 2. The third kappa shape index (κ3) is 1.92. The van der Waals surface area contributed by atoms with Crippen LogP contribution in [0.5, 0.6) is 0 Å². The summed E-state index contributed by atoms with van der Waals surface area (Å²) in [5.41, 5.74) is 1.96. The van der Waals surface area contributed by atoms with Gasteiger partial charge >= 0.3 is 0 Å². The number of carbonyl (C=O) groups is 1. The van der Waals surface area contributed by atoms with Crippen LogP contribution >= 0.6 is 0 Å². The Hall–Kier alpha value is -2.10. The minimum Gasteiger partial charge on any atom is -0.349 e. The summed E-state index contributed by atoms with van der Waals surface area (Å²) in [4.78, 5) is 19.9. The van der Waals surface area contributed by atoms with E-state index in [0.29, 0.717) is 18.4 Å². The third-order valence-corrected chi connectivity index (χ3v) is 4.48. The number of amides is 1. The molecule has 102 valence electrons. The van der Waals surface area contributed by atoms with Crippen LogP contribution in [0.2, 0.25) is 0 Å². The van der Waals surface area contributed by atoms with Crippen LogP contribution in [0.4, 0.5) is 0 Å². The first-order valence-electron chi connectivity index (χ1n) is 7.19. The second-order valence-electron chi connectivity index (χ2n) is 5.81. The van der Waals surface area contributed by atoms with E-state index in [2.05, 4.69) is 27.4 Å². The lowest BCUT2D eigenvalue weighted by Gasteiger charge is -2.16. The highest BCUT2D eigenvalue weighted by Gasteiger charge is 2.39. The molecule has 4 rings (SSSR count). The number of carbonyl (C=O) groups excluding carboxylic acids is 1. The molecule has 3 atom stereocenters. The van der Waals surface area contributed by atoms with Crippen molar-refractivity contribution >= 4 is 16.9 Å². The second-order valence-corrected chi connectivity index (χ2v) is 5.81. The van der Waals surface area contributed by atoms with E-state index in [1.54, 1.807) is 0 Å². The SMILES string of the molecule is O=C(NCc1nc2ccccc2[nH]1)C1CC2C=CC1C2. The summed E-state index contributed by atoms with van der Waals surface area (Å²) in [5, 5.41) is 3.02. The van der Waals surface area contributed by atoms with E-state index in [9.17, 15) is 4.79 Å². The summed E-state index contributed by atoms with van der Waals surface area (Å²) < 4.78 is 0. The molecule has 4 nitrogen and oxygen atoms in total. The Balaban J connectivity index is 1.42. The number of imidazole rings is 1. The van der Waals surface area contributed by atoms with Crippen molar-refractivity contribution < 1.29 is 4.79 Å². The van der Waals surface area contributed by atoms with Gasteiger partial charge in [0.15, 0.2) is 0 Å². The minimum absolute atomic E-state index is 0.161. The lowest BCUT2D eigenvalue weighted by atomic mass is 9.93. The van der Waals surface area contributed by atoms with Crippen molar-refractivity contribution in [2.45, 2.75) is 19.4 Å². The molecule has 2 aromatic rings. The molecule has 0 radical (unpaired) electrons. The second kappa shape index (κ2) is 4.47. The van der Waals surface area contributed by atoms with Gasteiger partial charge in [0.05, 0.1) is 17.6 Å². The number of hydrogen-bond donors (Lipinski definition) is 2. The van der Waals surface area contributed by atoms with Gasteiger partial charge in [0.2, 0.25) is 5.91 Å².